The van der Waals surface area contributed by atoms with Crippen LogP contribution >= 0.6 is 11.3 Å². The third-order valence-corrected chi connectivity index (χ3v) is 5.59. The molecule has 0 atom stereocenters. The van der Waals surface area contributed by atoms with Crippen molar-refractivity contribution in [2.24, 2.45) is 5.84 Å². The molecule has 0 bridgehead atoms. The van der Waals surface area contributed by atoms with Gasteiger partial charge in [-0.05, 0) is 48.9 Å². The van der Waals surface area contributed by atoms with E-state index in [-0.39, 0.29) is 5.91 Å². The van der Waals surface area contributed by atoms with Crippen LogP contribution in [0, 0.1) is 6.92 Å². The summed E-state index contributed by atoms with van der Waals surface area (Å²) in [6, 6.07) is 21.0. The maximum absolute atomic E-state index is 12.9. The number of carbonyl (C=O) groups excluding carboxylic acids is 1. The molecule has 0 aliphatic heterocycles. The summed E-state index contributed by atoms with van der Waals surface area (Å²) in [7, 11) is 1.64. The van der Waals surface area contributed by atoms with Gasteiger partial charge in [0.05, 0.1) is 23.4 Å². The van der Waals surface area contributed by atoms with E-state index in [4.69, 9.17) is 15.6 Å². The second-order valence-electron chi connectivity index (χ2n) is 6.40. The van der Waals surface area contributed by atoms with Crippen molar-refractivity contribution in [3.05, 3.63) is 77.2 Å². The molecule has 2 aromatic carbocycles. The van der Waals surface area contributed by atoms with Crippen molar-refractivity contribution >= 4 is 33.1 Å². The lowest BCUT2D eigenvalue weighted by molar-refractivity contribution is 0.0990. The number of amides is 1. The number of rotatable bonds is 4. The van der Waals surface area contributed by atoms with Crippen LogP contribution in [0.15, 0.2) is 66.7 Å². The average molecular weight is 389 g/mol. The maximum Gasteiger partial charge on any atom is 0.282 e. The maximum atomic E-state index is 12.9. The highest BCUT2D eigenvalue weighted by molar-refractivity contribution is 7.20. The Morgan fingerprint density at radius 1 is 1.07 bits per heavy atom. The number of benzene rings is 2. The number of fused-ring (bicyclic) bond motifs is 1. The quantitative estimate of drug-likeness (QED) is 0.309. The van der Waals surface area contributed by atoms with Crippen molar-refractivity contribution in [3.63, 3.8) is 0 Å². The highest BCUT2D eigenvalue weighted by Gasteiger charge is 2.19. The van der Waals surface area contributed by atoms with Gasteiger partial charge in [-0.2, -0.15) is 0 Å². The Bertz CT molecular complexity index is 1170. The number of carbonyl (C=O) groups is 1. The van der Waals surface area contributed by atoms with Crippen LogP contribution in [0.1, 0.15) is 15.2 Å². The molecule has 0 spiro atoms. The summed E-state index contributed by atoms with van der Waals surface area (Å²) in [4.78, 5) is 18.9. The van der Waals surface area contributed by atoms with E-state index in [0.29, 0.717) is 10.6 Å². The van der Waals surface area contributed by atoms with Gasteiger partial charge in [-0.1, -0.05) is 30.3 Å². The number of hydrogen-bond acceptors (Lipinski definition) is 5. The van der Waals surface area contributed by atoms with Crippen LogP contribution < -0.4 is 15.6 Å². The molecule has 2 heterocycles. The number of ether oxygens (including phenoxy) is 1. The number of nitrogens with two attached hydrogens (primary N) is 1. The van der Waals surface area contributed by atoms with Crippen LogP contribution in [0.3, 0.4) is 0 Å². The summed E-state index contributed by atoms with van der Waals surface area (Å²) in [5.74, 6) is 6.63. The Hall–Kier alpha value is -3.22. The van der Waals surface area contributed by atoms with Gasteiger partial charge in [-0.15, -0.1) is 11.3 Å². The predicted octanol–water partition coefficient (Wildman–Crippen LogP) is 4.80. The number of hydrogen-bond donors (Lipinski definition) is 1. The lowest BCUT2D eigenvalue weighted by Crippen LogP contribution is -2.37. The molecule has 0 saturated heterocycles. The highest BCUT2D eigenvalue weighted by Crippen LogP contribution is 2.30. The van der Waals surface area contributed by atoms with Crippen LogP contribution in [0.5, 0.6) is 5.75 Å². The predicted molar refractivity (Wildman–Crippen MR) is 114 cm³/mol. The van der Waals surface area contributed by atoms with Crippen molar-refractivity contribution < 1.29 is 9.53 Å². The van der Waals surface area contributed by atoms with Crippen LogP contribution in [-0.2, 0) is 0 Å². The first-order chi connectivity index (χ1) is 13.6. The minimum atomic E-state index is -0.250. The van der Waals surface area contributed by atoms with Crippen molar-refractivity contribution in [1.82, 2.24) is 4.98 Å². The van der Waals surface area contributed by atoms with Gasteiger partial charge in [0.1, 0.15) is 10.6 Å². The first kappa shape index (κ1) is 18.2. The lowest BCUT2D eigenvalue weighted by atomic mass is 10.1. The second kappa shape index (κ2) is 7.42. The first-order valence-electron chi connectivity index (χ1n) is 8.76. The average Bonchev–Trinajstić information content (AvgIpc) is 3.16. The molecule has 2 N–H and O–H groups in total. The Morgan fingerprint density at radius 2 is 1.89 bits per heavy atom. The van der Waals surface area contributed by atoms with E-state index in [1.54, 1.807) is 7.11 Å². The Kier molecular flexibility index (Phi) is 4.81. The number of thiophene rings is 1. The summed E-state index contributed by atoms with van der Waals surface area (Å²) < 4.78 is 5.29. The zero-order valence-corrected chi connectivity index (χ0v) is 16.4. The molecule has 0 aliphatic carbocycles. The monoisotopic (exact) mass is 389 g/mol. The fraction of sp³-hybridized carbons (Fsp3) is 0.0909. The number of pyridine rings is 1. The molecule has 2 aromatic heterocycles. The molecule has 0 aliphatic rings. The number of aryl methyl sites for hydroxylation is 1. The van der Waals surface area contributed by atoms with Crippen LogP contribution in [0.4, 0.5) is 5.69 Å². The molecule has 0 saturated carbocycles. The molecule has 0 radical (unpaired) electrons. The largest absolute Gasteiger partial charge is 0.497 e. The van der Waals surface area contributed by atoms with Gasteiger partial charge in [0, 0.05) is 10.9 Å². The fourth-order valence-corrected chi connectivity index (χ4v) is 4.00. The Morgan fingerprint density at radius 3 is 2.68 bits per heavy atom. The van der Waals surface area contributed by atoms with E-state index in [2.05, 4.69) is 0 Å². The first-order valence-corrected chi connectivity index (χ1v) is 9.58. The van der Waals surface area contributed by atoms with E-state index < -0.39 is 0 Å². The van der Waals surface area contributed by atoms with Gasteiger partial charge in [-0.25, -0.2) is 15.8 Å². The number of para-hydroxylation sites is 1. The summed E-state index contributed by atoms with van der Waals surface area (Å²) >= 11 is 1.34. The lowest BCUT2D eigenvalue weighted by Gasteiger charge is -2.17. The van der Waals surface area contributed by atoms with Gasteiger partial charge < -0.3 is 4.74 Å². The molecule has 4 aromatic rings. The number of anilines is 1. The zero-order valence-electron chi connectivity index (χ0n) is 15.5. The summed E-state index contributed by atoms with van der Waals surface area (Å²) in [6.07, 6.45) is 0. The van der Waals surface area contributed by atoms with Crippen LogP contribution in [0.2, 0.25) is 0 Å². The Labute approximate surface area is 167 Å². The molecule has 6 heteroatoms. The normalized spacial score (nSPS) is 10.8. The number of methoxy groups -OCH3 is 1. The molecule has 4 rings (SSSR count). The molecule has 0 fully saturated rings. The van der Waals surface area contributed by atoms with Crippen molar-refractivity contribution in [2.75, 3.05) is 12.1 Å². The third kappa shape index (κ3) is 3.35. The molecular weight excluding hydrogens is 370 g/mol. The van der Waals surface area contributed by atoms with E-state index in [9.17, 15) is 4.79 Å². The number of nitrogens with zero attached hydrogens (tertiary/aromatic N) is 2. The van der Waals surface area contributed by atoms with E-state index >= 15 is 0 Å². The minimum Gasteiger partial charge on any atom is -0.497 e. The highest BCUT2D eigenvalue weighted by atomic mass is 32.1. The second-order valence-corrected chi connectivity index (χ2v) is 7.43. The van der Waals surface area contributed by atoms with Crippen molar-refractivity contribution in [1.29, 1.82) is 0 Å². The van der Waals surface area contributed by atoms with Gasteiger partial charge in [0.25, 0.3) is 5.91 Å². The summed E-state index contributed by atoms with van der Waals surface area (Å²) in [5.41, 5.74) is 3.42. The Balaban J connectivity index is 1.68. The zero-order chi connectivity index (χ0) is 19.7. The van der Waals surface area contributed by atoms with Gasteiger partial charge in [0.15, 0.2) is 0 Å². The van der Waals surface area contributed by atoms with Crippen molar-refractivity contribution in [3.8, 4) is 17.0 Å². The van der Waals surface area contributed by atoms with Crippen LogP contribution in [-0.4, -0.2) is 18.0 Å². The standard InChI is InChI=1S/C22H19N3O2S/c1-14-6-3-4-9-19(14)25(23)22(26)20-13-16-10-11-18(24-21(16)28-20)15-7-5-8-17(12-15)27-2/h3-13H,23H2,1-2H3. The van der Waals surface area contributed by atoms with E-state index in [1.807, 2.05) is 73.7 Å². The molecule has 5 nitrogen and oxygen atoms in total. The molecular formula is C22H19N3O2S. The van der Waals surface area contributed by atoms with Crippen LogP contribution in [0.25, 0.3) is 21.5 Å². The fourth-order valence-electron chi connectivity index (χ4n) is 3.03. The molecule has 0 unspecified atom stereocenters. The smallest absolute Gasteiger partial charge is 0.282 e. The van der Waals surface area contributed by atoms with Gasteiger partial charge in [-0.3, -0.25) is 4.79 Å². The summed E-state index contributed by atoms with van der Waals surface area (Å²) in [6.45, 7) is 1.93. The summed E-state index contributed by atoms with van der Waals surface area (Å²) in [5, 5.41) is 2.11. The van der Waals surface area contributed by atoms with E-state index in [1.165, 1.54) is 16.3 Å². The van der Waals surface area contributed by atoms with Gasteiger partial charge >= 0.3 is 0 Å². The third-order valence-electron chi connectivity index (χ3n) is 4.55. The van der Waals surface area contributed by atoms with Gasteiger partial charge in [0.2, 0.25) is 0 Å². The molecule has 28 heavy (non-hydrogen) atoms. The topological polar surface area (TPSA) is 68.5 Å². The number of aromatic nitrogens is 1. The minimum absolute atomic E-state index is 0.250. The SMILES string of the molecule is COc1cccc(-c2ccc3cc(C(=O)N(N)c4ccccc4C)sc3n2)c1. The molecule has 140 valence electrons. The molecule has 1 amide bonds. The van der Waals surface area contributed by atoms with E-state index in [0.717, 1.165) is 32.8 Å². The number of hydrazine groups is 1. The van der Waals surface area contributed by atoms with Crippen molar-refractivity contribution in [2.45, 2.75) is 6.92 Å².